The molecule has 0 aromatic heterocycles. The minimum absolute atomic E-state index is 0.00348. The third-order valence-corrected chi connectivity index (χ3v) is 5.08. The standard InChI is InChI=1S/C20H25AtN2O8/c1-12(24)8-9-15(18(26)27)23-20(30)31-16(19(28)29)7-2-3-10-22-17(25)13-5-4-6-14(21)11-13/h4-6,11,15-16H,2-3,7-10H2,1H3,(H,22,25)(H,23,30)(H,26,27)(H,28,29)/t15-,16-/m0/s1/i21+1. The van der Waals surface area contributed by atoms with Crippen LogP contribution in [0.4, 0.5) is 4.79 Å². The van der Waals surface area contributed by atoms with Crippen molar-refractivity contribution in [3.05, 3.63) is 29.8 Å². The summed E-state index contributed by atoms with van der Waals surface area (Å²) in [5.74, 6) is -3.18. The zero-order valence-corrected chi connectivity index (χ0v) is 19.9. The number of alkyl carbamates (subject to hydrolysis) is 1. The van der Waals surface area contributed by atoms with Crippen LogP contribution in [-0.2, 0) is 19.1 Å². The Kier molecular flexibility index (Phi) is 11.7. The van der Waals surface area contributed by atoms with Crippen LogP contribution in [0.15, 0.2) is 24.3 Å². The second-order valence-corrected chi connectivity index (χ2v) is 8.47. The van der Waals surface area contributed by atoms with Crippen molar-refractivity contribution in [1.29, 1.82) is 0 Å². The van der Waals surface area contributed by atoms with Crippen molar-refractivity contribution in [2.24, 2.45) is 0 Å². The summed E-state index contributed by atoms with van der Waals surface area (Å²) < 4.78 is 5.84. The summed E-state index contributed by atoms with van der Waals surface area (Å²) in [5.41, 5.74) is 0.543. The molecule has 0 radical (unpaired) electrons. The van der Waals surface area contributed by atoms with Crippen LogP contribution < -0.4 is 13.9 Å². The van der Waals surface area contributed by atoms with Crippen LogP contribution in [0.3, 0.4) is 0 Å². The molecule has 0 fully saturated rings. The van der Waals surface area contributed by atoms with Crippen molar-refractivity contribution < 1.29 is 63.6 Å². The van der Waals surface area contributed by atoms with E-state index in [2.05, 4.69) is 10.6 Å². The molecule has 4 N–H and O–H groups in total. The van der Waals surface area contributed by atoms with Crippen molar-refractivity contribution in [3.8, 4) is 0 Å². The number of carbonyl (C=O) groups excluding carboxylic acids is 3. The number of unbranched alkanes of at least 4 members (excludes halogenated alkanes) is 1. The third-order valence-electron chi connectivity index (χ3n) is 4.17. The molecule has 0 bridgehead atoms. The topological polar surface area (TPSA) is 159 Å². The van der Waals surface area contributed by atoms with Gasteiger partial charge in [0.05, 0.1) is 0 Å². The first-order valence-electron chi connectivity index (χ1n) is 9.56. The quantitative estimate of drug-likeness (QED) is 0.232. The number of Topliss-reactive ketones (excluding diaryl/α,β-unsaturated/α-hetero) is 1. The van der Waals surface area contributed by atoms with E-state index in [4.69, 9.17) is 9.84 Å². The van der Waals surface area contributed by atoms with Crippen LogP contribution in [0.1, 0.15) is 49.4 Å². The Morgan fingerprint density at radius 3 is 2.35 bits per heavy atom. The number of aliphatic carboxylic acids is 2. The average molecular weight is 632 g/mol. The Bertz CT molecular complexity index is 814. The predicted octanol–water partition coefficient (Wildman–Crippen LogP) is 0.763. The number of ether oxygens (including phenoxy) is 1. The van der Waals surface area contributed by atoms with E-state index < -0.39 is 30.2 Å². The van der Waals surface area contributed by atoms with Crippen molar-refractivity contribution in [2.75, 3.05) is 6.54 Å². The minimum Gasteiger partial charge on any atom is -0.480 e. The van der Waals surface area contributed by atoms with Crippen LogP contribution in [0, 0.1) is 24.7 Å². The number of nitrogens with one attached hydrogen (secondary N) is 2. The number of amides is 2. The van der Waals surface area contributed by atoms with Crippen LogP contribution in [0.25, 0.3) is 0 Å². The van der Waals surface area contributed by atoms with Crippen LogP contribution in [0.2, 0.25) is 0 Å². The van der Waals surface area contributed by atoms with Gasteiger partial charge in [0.2, 0.25) is 0 Å². The zero-order chi connectivity index (χ0) is 23.4. The Balaban J connectivity index is 2.42. The first kappa shape index (κ1) is 26.5. The maximum absolute atomic E-state index is 12.1. The second-order valence-electron chi connectivity index (χ2n) is 6.77. The van der Waals surface area contributed by atoms with E-state index in [0.29, 0.717) is 24.9 Å². The number of carboxylic acid groups (broad SMARTS) is 2. The summed E-state index contributed by atoms with van der Waals surface area (Å²) in [4.78, 5) is 57.4. The van der Waals surface area contributed by atoms with E-state index >= 15 is 0 Å². The van der Waals surface area contributed by atoms with Crippen molar-refractivity contribution >= 4 is 33.0 Å². The van der Waals surface area contributed by atoms with Gasteiger partial charge < -0.3 is 15.2 Å². The summed E-state index contributed by atoms with van der Waals surface area (Å²) in [5, 5.41) is 23.1. The summed E-state index contributed by atoms with van der Waals surface area (Å²) >= 11 is 1.46. The van der Waals surface area contributed by atoms with Gasteiger partial charge in [-0.2, -0.15) is 0 Å². The fourth-order valence-corrected chi connectivity index (χ4v) is 3.27. The molecule has 0 aliphatic carbocycles. The van der Waals surface area contributed by atoms with Gasteiger partial charge in [0.15, 0.2) is 0 Å². The Morgan fingerprint density at radius 1 is 1.06 bits per heavy atom. The van der Waals surface area contributed by atoms with E-state index in [9.17, 15) is 29.1 Å². The second kappa shape index (κ2) is 13.7. The van der Waals surface area contributed by atoms with Crippen molar-refractivity contribution in [2.45, 2.75) is 51.2 Å². The fourth-order valence-electron chi connectivity index (χ4n) is 2.53. The molecule has 170 valence electrons. The Hall–Kier alpha value is -2.55. The smallest absolute Gasteiger partial charge is 0.480 e. The van der Waals surface area contributed by atoms with Gasteiger partial charge in [-0.1, -0.05) is 0 Å². The van der Waals surface area contributed by atoms with Crippen molar-refractivity contribution in [3.63, 3.8) is 0 Å². The summed E-state index contributed by atoms with van der Waals surface area (Å²) in [6, 6.07) is 5.81. The molecule has 0 aliphatic heterocycles. The molecule has 0 heterocycles. The fraction of sp³-hybridized carbons (Fsp3) is 0.450. The molecule has 2 amide bonds. The molecule has 1 aromatic carbocycles. The number of hydrogen-bond acceptors (Lipinski definition) is 6. The SMILES string of the molecule is CC(=O)CC[C@H](NC(=O)O[C@@H](CCCCNC(=O)c1cccc([211At])c1)C(=O)O)C(=O)O. The summed E-state index contributed by atoms with van der Waals surface area (Å²) in [6.07, 6.45) is -2.00. The summed E-state index contributed by atoms with van der Waals surface area (Å²) in [7, 11) is 0. The number of ketones is 1. The molecule has 0 saturated carbocycles. The molecule has 1 rings (SSSR count). The van der Waals surface area contributed by atoms with E-state index in [1.165, 1.54) is 31.6 Å². The normalized spacial score (nSPS) is 12.3. The monoisotopic (exact) mass is 632 g/mol. The van der Waals surface area contributed by atoms with E-state index in [1.807, 2.05) is 6.07 Å². The molecular formula is C20H25AtN2O8. The minimum atomic E-state index is -1.46. The zero-order valence-electron chi connectivity index (χ0n) is 16.9. The Labute approximate surface area is 194 Å². The number of benzene rings is 1. The van der Waals surface area contributed by atoms with Gasteiger partial charge >= 0.3 is 138 Å². The number of carboxylic acids is 2. The van der Waals surface area contributed by atoms with Gasteiger partial charge in [0.1, 0.15) is 11.8 Å². The van der Waals surface area contributed by atoms with Gasteiger partial charge in [-0.15, -0.1) is 0 Å². The number of rotatable bonds is 13. The first-order chi connectivity index (χ1) is 14.6. The van der Waals surface area contributed by atoms with Gasteiger partial charge in [-0.25, -0.2) is 9.59 Å². The molecule has 10 nitrogen and oxygen atoms in total. The van der Waals surface area contributed by atoms with Gasteiger partial charge in [0.25, 0.3) is 0 Å². The number of hydrogen-bond donors (Lipinski definition) is 4. The van der Waals surface area contributed by atoms with E-state index in [-0.39, 0.29) is 31.0 Å². The molecule has 0 spiro atoms. The van der Waals surface area contributed by atoms with Gasteiger partial charge in [-0.3, -0.25) is 0 Å². The molecule has 1 aromatic rings. The van der Waals surface area contributed by atoms with Gasteiger partial charge in [-0.05, 0) is 13.3 Å². The maximum atomic E-state index is 12.1. The van der Waals surface area contributed by atoms with Crippen LogP contribution >= 0.6 is 0 Å². The Morgan fingerprint density at radius 2 is 1.77 bits per heavy atom. The number of carbonyl (C=O) groups is 5. The molecule has 31 heavy (non-hydrogen) atoms. The van der Waals surface area contributed by atoms with Crippen LogP contribution in [0.5, 0.6) is 0 Å². The van der Waals surface area contributed by atoms with E-state index in [1.54, 1.807) is 18.2 Å². The van der Waals surface area contributed by atoms with Gasteiger partial charge in [0, 0.05) is 6.42 Å². The molecule has 0 saturated heterocycles. The van der Waals surface area contributed by atoms with Crippen LogP contribution in [-0.4, -0.2) is 58.6 Å². The molecular weight excluding hydrogens is 607 g/mol. The van der Waals surface area contributed by atoms with Crippen molar-refractivity contribution in [1.82, 2.24) is 10.6 Å². The molecule has 0 unspecified atom stereocenters. The van der Waals surface area contributed by atoms with E-state index in [0.717, 1.165) is 3.27 Å². The predicted molar refractivity (Wildman–Crippen MR) is 105 cm³/mol. The molecule has 2 atom stereocenters. The average Bonchev–Trinajstić information content (AvgIpc) is 2.69. The molecule has 11 heteroatoms. The first-order valence-corrected chi connectivity index (χ1v) is 11.0. The molecule has 0 aliphatic rings. The third kappa shape index (κ3) is 10.9. The summed E-state index contributed by atoms with van der Waals surface area (Å²) in [6.45, 7) is 1.61.